The van der Waals surface area contributed by atoms with Gasteiger partial charge in [0.15, 0.2) is 0 Å². The molecule has 0 spiro atoms. The predicted octanol–water partition coefficient (Wildman–Crippen LogP) is 0.707. The third-order valence-electron chi connectivity index (χ3n) is 3.43. The summed E-state index contributed by atoms with van der Waals surface area (Å²) in [6.07, 6.45) is 0. The average Bonchev–Trinajstić information content (AvgIpc) is 2.51. The van der Waals surface area contributed by atoms with Crippen LogP contribution in [0.5, 0.6) is 0 Å². The number of nitrogens with one attached hydrogen (secondary N) is 2. The van der Waals surface area contributed by atoms with Crippen LogP contribution in [0.2, 0.25) is 0 Å². The highest BCUT2D eigenvalue weighted by molar-refractivity contribution is 5.96. The van der Waals surface area contributed by atoms with Crippen molar-refractivity contribution < 1.29 is 14.4 Å². The van der Waals surface area contributed by atoms with Crippen molar-refractivity contribution >= 4 is 29.1 Å². The van der Waals surface area contributed by atoms with Crippen molar-refractivity contribution in [1.29, 1.82) is 0 Å². The maximum atomic E-state index is 11.9. The Morgan fingerprint density at radius 2 is 1.91 bits per heavy atom. The van der Waals surface area contributed by atoms with Gasteiger partial charge in [-0.25, -0.2) is 0 Å². The van der Waals surface area contributed by atoms with Crippen molar-refractivity contribution in [2.45, 2.75) is 26.8 Å². The molecule has 1 aromatic rings. The van der Waals surface area contributed by atoms with E-state index in [1.54, 1.807) is 31.3 Å². The first-order valence-electron chi connectivity index (χ1n) is 7.40. The molecule has 0 saturated carbocycles. The van der Waals surface area contributed by atoms with E-state index < -0.39 is 6.04 Å². The highest BCUT2D eigenvalue weighted by Crippen LogP contribution is 2.18. The maximum Gasteiger partial charge on any atom is 0.243 e. The summed E-state index contributed by atoms with van der Waals surface area (Å²) < 4.78 is 0. The van der Waals surface area contributed by atoms with Crippen LogP contribution < -0.4 is 21.3 Å². The number of carbonyl (C=O) groups is 3. The number of carbonyl (C=O) groups excluding carboxylic acids is 3. The van der Waals surface area contributed by atoms with E-state index in [9.17, 15) is 14.4 Å². The summed E-state index contributed by atoms with van der Waals surface area (Å²) in [5, 5.41) is 5.17. The Labute approximate surface area is 136 Å². The molecule has 0 fully saturated rings. The van der Waals surface area contributed by atoms with Gasteiger partial charge in [-0.05, 0) is 24.1 Å². The summed E-state index contributed by atoms with van der Waals surface area (Å²) in [6, 6.07) is 6.24. The van der Waals surface area contributed by atoms with Crippen LogP contribution in [0.25, 0.3) is 0 Å². The van der Waals surface area contributed by atoms with E-state index in [-0.39, 0.29) is 30.2 Å². The smallest absolute Gasteiger partial charge is 0.243 e. The lowest BCUT2D eigenvalue weighted by Gasteiger charge is -2.17. The fourth-order valence-electron chi connectivity index (χ4n) is 1.77. The van der Waals surface area contributed by atoms with Gasteiger partial charge < -0.3 is 21.3 Å². The standard InChI is InChI=1S/C16H24N4O3/c1-10(2)15(17)16(23)18-9-14(22)19-12-6-5-7-13(8-12)20(4)11(3)21/h5-8,10,15H,9,17H2,1-4H3,(H,18,23)(H,19,22)/t15-/m0/s1. The SMILES string of the molecule is CC(=O)N(C)c1cccc(NC(=O)CNC(=O)[C@@H](N)C(C)C)c1. The van der Waals surface area contributed by atoms with E-state index in [1.165, 1.54) is 11.8 Å². The van der Waals surface area contributed by atoms with Gasteiger partial charge in [0.1, 0.15) is 0 Å². The quantitative estimate of drug-likeness (QED) is 0.718. The molecule has 0 aromatic heterocycles. The number of nitrogens with zero attached hydrogens (tertiary/aromatic N) is 1. The molecule has 0 saturated heterocycles. The van der Waals surface area contributed by atoms with Crippen LogP contribution in [-0.2, 0) is 14.4 Å². The minimum atomic E-state index is -0.643. The summed E-state index contributed by atoms with van der Waals surface area (Å²) in [5.74, 6) is -0.836. The monoisotopic (exact) mass is 320 g/mol. The zero-order valence-corrected chi connectivity index (χ0v) is 13.9. The molecule has 0 aliphatic carbocycles. The van der Waals surface area contributed by atoms with E-state index in [0.717, 1.165) is 0 Å². The predicted molar refractivity (Wildman–Crippen MR) is 90.0 cm³/mol. The molecule has 0 bridgehead atoms. The van der Waals surface area contributed by atoms with Crippen LogP contribution >= 0.6 is 0 Å². The van der Waals surface area contributed by atoms with Crippen molar-refractivity contribution in [1.82, 2.24) is 5.32 Å². The highest BCUT2D eigenvalue weighted by Gasteiger charge is 2.17. The van der Waals surface area contributed by atoms with Crippen LogP contribution in [0.1, 0.15) is 20.8 Å². The molecule has 7 heteroatoms. The molecule has 4 N–H and O–H groups in total. The molecule has 7 nitrogen and oxygen atoms in total. The van der Waals surface area contributed by atoms with E-state index >= 15 is 0 Å². The van der Waals surface area contributed by atoms with Crippen molar-refractivity contribution in [3.8, 4) is 0 Å². The van der Waals surface area contributed by atoms with Crippen LogP contribution in [0.4, 0.5) is 11.4 Å². The first-order valence-corrected chi connectivity index (χ1v) is 7.40. The fourth-order valence-corrected chi connectivity index (χ4v) is 1.77. The molecule has 1 atom stereocenters. The third-order valence-corrected chi connectivity index (χ3v) is 3.43. The van der Waals surface area contributed by atoms with Gasteiger partial charge in [-0.1, -0.05) is 19.9 Å². The third kappa shape index (κ3) is 5.71. The summed E-state index contributed by atoms with van der Waals surface area (Å²) in [5.41, 5.74) is 6.91. The summed E-state index contributed by atoms with van der Waals surface area (Å²) >= 11 is 0. The van der Waals surface area contributed by atoms with Crippen LogP contribution in [0.3, 0.4) is 0 Å². The van der Waals surface area contributed by atoms with Gasteiger partial charge in [0, 0.05) is 25.3 Å². The van der Waals surface area contributed by atoms with E-state index in [2.05, 4.69) is 10.6 Å². The average molecular weight is 320 g/mol. The second kappa shape index (κ2) is 8.28. The number of anilines is 2. The first-order chi connectivity index (χ1) is 10.7. The number of amides is 3. The number of rotatable bonds is 6. The topological polar surface area (TPSA) is 105 Å². The van der Waals surface area contributed by atoms with Gasteiger partial charge in [0.25, 0.3) is 0 Å². The molecule has 0 aliphatic rings. The Morgan fingerprint density at radius 3 is 2.48 bits per heavy atom. The summed E-state index contributed by atoms with van der Waals surface area (Å²) in [6.45, 7) is 4.97. The largest absolute Gasteiger partial charge is 0.346 e. The second-order valence-corrected chi connectivity index (χ2v) is 5.66. The molecule has 0 radical (unpaired) electrons. The minimum absolute atomic E-state index is 0.00291. The summed E-state index contributed by atoms with van der Waals surface area (Å²) in [4.78, 5) is 36.4. The fraction of sp³-hybridized carbons (Fsp3) is 0.438. The Balaban J connectivity index is 2.60. The lowest BCUT2D eigenvalue weighted by molar-refractivity contribution is -0.125. The first kappa shape index (κ1) is 18.6. The van der Waals surface area contributed by atoms with E-state index in [4.69, 9.17) is 5.73 Å². The molecule has 1 rings (SSSR count). The molecule has 0 aliphatic heterocycles. The van der Waals surface area contributed by atoms with E-state index in [0.29, 0.717) is 11.4 Å². The second-order valence-electron chi connectivity index (χ2n) is 5.66. The number of hydrogen-bond acceptors (Lipinski definition) is 4. The number of nitrogens with two attached hydrogens (primary N) is 1. The molecule has 126 valence electrons. The van der Waals surface area contributed by atoms with Gasteiger partial charge in [-0.3, -0.25) is 14.4 Å². The Bertz CT molecular complexity index is 586. The number of hydrogen-bond donors (Lipinski definition) is 3. The lowest BCUT2D eigenvalue weighted by Crippen LogP contribution is -2.46. The molecule has 0 unspecified atom stereocenters. The van der Waals surface area contributed by atoms with Gasteiger partial charge >= 0.3 is 0 Å². The zero-order valence-electron chi connectivity index (χ0n) is 13.9. The molecule has 3 amide bonds. The zero-order chi connectivity index (χ0) is 17.6. The van der Waals surface area contributed by atoms with Gasteiger partial charge in [0.2, 0.25) is 17.7 Å². The van der Waals surface area contributed by atoms with Crippen LogP contribution in [-0.4, -0.2) is 37.4 Å². The molecular weight excluding hydrogens is 296 g/mol. The van der Waals surface area contributed by atoms with Crippen molar-refractivity contribution in [2.24, 2.45) is 11.7 Å². The highest BCUT2D eigenvalue weighted by atomic mass is 16.2. The normalized spacial score (nSPS) is 11.7. The Kier molecular flexibility index (Phi) is 6.71. The van der Waals surface area contributed by atoms with Crippen molar-refractivity contribution in [2.75, 3.05) is 23.8 Å². The Hall–Kier alpha value is -2.41. The van der Waals surface area contributed by atoms with Gasteiger partial charge in [-0.15, -0.1) is 0 Å². The Morgan fingerprint density at radius 1 is 1.26 bits per heavy atom. The summed E-state index contributed by atoms with van der Waals surface area (Å²) in [7, 11) is 1.65. The van der Waals surface area contributed by atoms with Gasteiger partial charge in [0.05, 0.1) is 12.6 Å². The van der Waals surface area contributed by atoms with Crippen molar-refractivity contribution in [3.05, 3.63) is 24.3 Å². The molecule has 1 aromatic carbocycles. The number of benzene rings is 1. The maximum absolute atomic E-state index is 11.9. The molecule has 0 heterocycles. The van der Waals surface area contributed by atoms with Gasteiger partial charge in [-0.2, -0.15) is 0 Å². The van der Waals surface area contributed by atoms with Crippen molar-refractivity contribution in [3.63, 3.8) is 0 Å². The minimum Gasteiger partial charge on any atom is -0.346 e. The molecule has 23 heavy (non-hydrogen) atoms. The van der Waals surface area contributed by atoms with Crippen LogP contribution in [0.15, 0.2) is 24.3 Å². The van der Waals surface area contributed by atoms with Crippen LogP contribution in [0, 0.1) is 5.92 Å². The van der Waals surface area contributed by atoms with E-state index in [1.807, 2.05) is 13.8 Å². The molecular formula is C16H24N4O3. The lowest BCUT2D eigenvalue weighted by atomic mass is 10.1.